The molecule has 1 aromatic heterocycles. The second-order valence-electron chi connectivity index (χ2n) is 6.57. The molecule has 0 bridgehead atoms. The highest BCUT2D eigenvalue weighted by atomic mass is 35.5. The number of ketones is 1. The second kappa shape index (κ2) is 9.01. The van der Waals surface area contributed by atoms with Crippen molar-refractivity contribution in [2.24, 2.45) is 0 Å². The number of ether oxygens (including phenoxy) is 1. The summed E-state index contributed by atoms with van der Waals surface area (Å²) < 4.78 is 31.0. The maximum atomic E-state index is 13.0. The molecule has 0 radical (unpaired) electrons. The Bertz CT molecular complexity index is 1000. The van der Waals surface area contributed by atoms with E-state index in [0.29, 0.717) is 10.6 Å². The monoisotopic (exact) mass is 435 g/mol. The molecule has 3 rings (SSSR count). The van der Waals surface area contributed by atoms with E-state index in [-0.39, 0.29) is 16.8 Å². The number of thioether (sulfide) groups is 1. The van der Waals surface area contributed by atoms with Gasteiger partial charge in [-0.15, -0.1) is 11.8 Å². The summed E-state index contributed by atoms with van der Waals surface area (Å²) in [6.45, 7) is 2.80. The van der Waals surface area contributed by atoms with E-state index in [2.05, 4.69) is 4.74 Å². The van der Waals surface area contributed by atoms with Crippen LogP contribution in [0.3, 0.4) is 0 Å². The normalized spacial score (nSPS) is 12.2. The largest absolute Gasteiger partial charge is 0.435 e. The van der Waals surface area contributed by atoms with Gasteiger partial charge in [-0.25, -0.2) is 0 Å². The van der Waals surface area contributed by atoms with Crippen LogP contribution < -0.4 is 4.74 Å². The topological polar surface area (TPSA) is 31.2 Å². The zero-order chi connectivity index (χ0) is 21.1. The number of aryl methyl sites for hydroxylation is 1. The quantitative estimate of drug-likeness (QED) is 0.305. The molecule has 7 heteroatoms. The van der Waals surface area contributed by atoms with E-state index in [4.69, 9.17) is 11.6 Å². The average Bonchev–Trinajstić information content (AvgIpc) is 2.97. The van der Waals surface area contributed by atoms with Gasteiger partial charge in [0.05, 0.1) is 5.25 Å². The van der Waals surface area contributed by atoms with Crippen LogP contribution in [0.25, 0.3) is 5.69 Å². The summed E-state index contributed by atoms with van der Waals surface area (Å²) in [5.41, 5.74) is 3.11. The summed E-state index contributed by atoms with van der Waals surface area (Å²) in [5.74, 6) is 0.123. The Morgan fingerprint density at radius 3 is 2.28 bits per heavy atom. The van der Waals surface area contributed by atoms with Crippen LogP contribution in [-0.4, -0.2) is 22.2 Å². The summed E-state index contributed by atoms with van der Waals surface area (Å²) in [5, 5.41) is 0.383. The molecule has 0 N–H and O–H groups in total. The van der Waals surface area contributed by atoms with E-state index in [1.54, 1.807) is 24.3 Å². The first-order valence-corrected chi connectivity index (χ1v) is 10.2. The molecule has 0 fully saturated rings. The number of aromatic nitrogens is 1. The van der Waals surface area contributed by atoms with E-state index < -0.39 is 6.61 Å². The zero-order valence-electron chi connectivity index (χ0n) is 16.2. The van der Waals surface area contributed by atoms with Crippen LogP contribution in [0.4, 0.5) is 8.78 Å². The minimum Gasteiger partial charge on any atom is -0.435 e. The van der Waals surface area contributed by atoms with Gasteiger partial charge in [0.15, 0.2) is 5.78 Å². The van der Waals surface area contributed by atoms with E-state index in [1.165, 1.54) is 23.9 Å². The number of carbonyl (C=O) groups excluding carboxylic acids is 1. The highest BCUT2D eigenvalue weighted by Gasteiger charge is 2.22. The number of carbonyl (C=O) groups is 1. The minimum atomic E-state index is -2.86. The van der Waals surface area contributed by atoms with Crippen molar-refractivity contribution in [1.29, 1.82) is 0 Å². The lowest BCUT2D eigenvalue weighted by molar-refractivity contribution is -0.0498. The number of hydrogen-bond acceptors (Lipinski definition) is 3. The first-order chi connectivity index (χ1) is 13.8. The van der Waals surface area contributed by atoms with Crippen molar-refractivity contribution in [1.82, 2.24) is 4.57 Å². The molecule has 1 atom stereocenters. The Balaban J connectivity index is 1.82. The molecule has 0 aliphatic rings. The Kier molecular flexibility index (Phi) is 6.65. The maximum Gasteiger partial charge on any atom is 0.387 e. The summed E-state index contributed by atoms with van der Waals surface area (Å²) in [6.07, 6.45) is 0. The van der Waals surface area contributed by atoms with E-state index in [9.17, 15) is 13.6 Å². The fourth-order valence-electron chi connectivity index (χ4n) is 3.18. The molecule has 0 aliphatic carbocycles. The van der Waals surface area contributed by atoms with Crippen molar-refractivity contribution < 1.29 is 18.3 Å². The summed E-state index contributed by atoms with van der Waals surface area (Å²) >= 11 is 7.39. The van der Waals surface area contributed by atoms with Crippen LogP contribution in [0.2, 0.25) is 5.02 Å². The summed E-state index contributed by atoms with van der Waals surface area (Å²) in [7, 11) is 0. The molecular formula is C22H20ClF2NO2S. The van der Waals surface area contributed by atoms with E-state index in [0.717, 1.165) is 22.0 Å². The van der Waals surface area contributed by atoms with Crippen LogP contribution in [0.1, 0.15) is 28.7 Å². The molecule has 29 heavy (non-hydrogen) atoms. The highest BCUT2D eigenvalue weighted by molar-refractivity contribution is 8.00. The number of hydrogen-bond donors (Lipinski definition) is 0. The van der Waals surface area contributed by atoms with Gasteiger partial charge in [0.1, 0.15) is 5.75 Å². The molecule has 0 amide bonds. The van der Waals surface area contributed by atoms with Crippen LogP contribution >= 0.6 is 23.4 Å². The van der Waals surface area contributed by atoms with Crippen molar-refractivity contribution in [3.8, 4) is 11.4 Å². The van der Waals surface area contributed by atoms with Gasteiger partial charge in [-0.1, -0.05) is 11.6 Å². The maximum absolute atomic E-state index is 13.0. The van der Waals surface area contributed by atoms with Crippen molar-refractivity contribution >= 4 is 29.1 Å². The molecule has 1 heterocycles. The molecule has 0 aliphatic heterocycles. The van der Waals surface area contributed by atoms with Crippen molar-refractivity contribution in [3.63, 3.8) is 0 Å². The lowest BCUT2D eigenvalue weighted by atomic mass is 10.1. The van der Waals surface area contributed by atoms with Gasteiger partial charge < -0.3 is 9.30 Å². The SMILES string of the molecule is Cc1cc(C(=O)[C@H](C)Sc2ccc(Cl)cc2)c(C)n1-c1ccc(OC(F)F)cc1. The van der Waals surface area contributed by atoms with Gasteiger partial charge in [0, 0.05) is 32.6 Å². The predicted octanol–water partition coefficient (Wildman–Crippen LogP) is 6.71. The van der Waals surface area contributed by atoms with Gasteiger partial charge in [-0.3, -0.25) is 4.79 Å². The van der Waals surface area contributed by atoms with Crippen LogP contribution in [0, 0.1) is 13.8 Å². The molecular weight excluding hydrogens is 416 g/mol. The number of rotatable bonds is 7. The fraction of sp³-hybridized carbons (Fsp3) is 0.227. The van der Waals surface area contributed by atoms with Gasteiger partial charge in [-0.2, -0.15) is 8.78 Å². The third-order valence-electron chi connectivity index (χ3n) is 4.51. The van der Waals surface area contributed by atoms with Crippen LogP contribution in [0.5, 0.6) is 5.75 Å². The van der Waals surface area contributed by atoms with Crippen molar-refractivity contribution in [2.75, 3.05) is 0 Å². The van der Waals surface area contributed by atoms with E-state index >= 15 is 0 Å². The van der Waals surface area contributed by atoms with Gasteiger partial charge in [0.25, 0.3) is 0 Å². The smallest absolute Gasteiger partial charge is 0.387 e. The molecule has 152 valence electrons. The Morgan fingerprint density at radius 2 is 1.69 bits per heavy atom. The molecule has 2 aromatic carbocycles. The van der Waals surface area contributed by atoms with Crippen LogP contribution in [-0.2, 0) is 0 Å². The standard InChI is InChI=1S/C22H20ClF2NO2S/c1-13-12-20(21(27)15(3)29-19-10-4-16(23)5-11-19)14(2)26(13)17-6-8-18(9-7-17)28-22(24)25/h4-12,15,22H,1-3H3/t15-/m0/s1. The molecule has 0 spiro atoms. The first-order valence-electron chi connectivity index (χ1n) is 8.97. The molecule has 0 unspecified atom stereocenters. The highest BCUT2D eigenvalue weighted by Crippen LogP contribution is 2.30. The number of Topliss-reactive ketones (excluding diaryl/α,β-unsaturated/α-hetero) is 1. The molecule has 0 saturated carbocycles. The van der Waals surface area contributed by atoms with Crippen molar-refractivity contribution in [3.05, 3.63) is 76.6 Å². The van der Waals surface area contributed by atoms with Gasteiger partial charge in [0.2, 0.25) is 0 Å². The van der Waals surface area contributed by atoms with Gasteiger partial charge in [-0.05, 0) is 75.4 Å². The second-order valence-corrected chi connectivity index (χ2v) is 8.42. The zero-order valence-corrected chi connectivity index (χ0v) is 17.7. The minimum absolute atomic E-state index is 0.0296. The summed E-state index contributed by atoms with van der Waals surface area (Å²) in [6, 6.07) is 15.6. The third-order valence-corrected chi connectivity index (χ3v) is 5.88. The van der Waals surface area contributed by atoms with E-state index in [1.807, 2.05) is 43.5 Å². The average molecular weight is 436 g/mol. The predicted molar refractivity (Wildman–Crippen MR) is 113 cm³/mol. The number of benzene rings is 2. The molecule has 3 nitrogen and oxygen atoms in total. The Morgan fingerprint density at radius 1 is 1.07 bits per heavy atom. The lowest BCUT2D eigenvalue weighted by Crippen LogP contribution is -2.14. The Hall–Kier alpha value is -2.31. The lowest BCUT2D eigenvalue weighted by Gasteiger charge is -2.13. The molecule has 3 aromatic rings. The fourth-order valence-corrected chi connectivity index (χ4v) is 4.24. The summed E-state index contributed by atoms with van der Waals surface area (Å²) in [4.78, 5) is 14.0. The third kappa shape index (κ3) is 5.00. The Labute approximate surface area is 177 Å². The van der Waals surface area contributed by atoms with Gasteiger partial charge >= 0.3 is 6.61 Å². The van der Waals surface area contributed by atoms with Crippen LogP contribution in [0.15, 0.2) is 59.5 Å². The van der Waals surface area contributed by atoms with Crippen molar-refractivity contribution in [2.45, 2.75) is 37.5 Å². The number of alkyl halides is 2. The molecule has 0 saturated heterocycles. The first kappa shape index (κ1) is 21.4. The number of nitrogens with zero attached hydrogens (tertiary/aromatic N) is 1. The number of halogens is 3.